The second kappa shape index (κ2) is 57.7. The van der Waals surface area contributed by atoms with E-state index in [2.05, 4.69) is 81.5 Å². The smallest absolute Gasteiger partial charge is 0.306 e. The summed E-state index contributed by atoms with van der Waals surface area (Å²) in [6.07, 6.45) is 73.0. The zero-order valence-corrected chi connectivity index (χ0v) is 45.8. The molecule has 0 aliphatic heterocycles. The molecule has 6 heteroatoms. The number of hydrogen-bond acceptors (Lipinski definition) is 6. The highest BCUT2D eigenvalue weighted by Gasteiger charge is 2.19. The van der Waals surface area contributed by atoms with Gasteiger partial charge in [-0.3, -0.25) is 14.4 Å². The molecule has 0 fully saturated rings. The zero-order valence-electron chi connectivity index (χ0n) is 45.8. The minimum Gasteiger partial charge on any atom is -0.462 e. The molecule has 0 aromatic heterocycles. The highest BCUT2D eigenvalue weighted by molar-refractivity contribution is 5.71. The van der Waals surface area contributed by atoms with Gasteiger partial charge in [-0.2, -0.15) is 0 Å². The first-order chi connectivity index (χ1) is 34.0. The van der Waals surface area contributed by atoms with Gasteiger partial charge < -0.3 is 14.2 Å². The number of unbranched alkanes of at least 4 members (excludes halogenated alkanes) is 33. The summed E-state index contributed by atoms with van der Waals surface area (Å²) in [6.45, 7) is 6.42. The van der Waals surface area contributed by atoms with E-state index in [9.17, 15) is 14.4 Å². The predicted octanol–water partition coefficient (Wildman–Crippen LogP) is 20.0. The number of ether oxygens (including phenoxy) is 3. The molecule has 6 nitrogen and oxygen atoms in total. The molecule has 0 N–H and O–H groups in total. The van der Waals surface area contributed by atoms with Gasteiger partial charge in [0.2, 0.25) is 0 Å². The first-order valence-electron chi connectivity index (χ1n) is 29.8. The topological polar surface area (TPSA) is 78.9 Å². The van der Waals surface area contributed by atoms with Gasteiger partial charge in [-0.1, -0.05) is 261 Å². The van der Waals surface area contributed by atoms with Crippen molar-refractivity contribution in [3.05, 3.63) is 60.8 Å². The van der Waals surface area contributed by atoms with Crippen LogP contribution in [-0.2, 0) is 28.6 Å². The summed E-state index contributed by atoms with van der Waals surface area (Å²) >= 11 is 0. The average Bonchev–Trinajstić information content (AvgIpc) is 3.35. The maximum absolute atomic E-state index is 12.7. The molecule has 1 unspecified atom stereocenters. The van der Waals surface area contributed by atoms with Crippen molar-refractivity contribution in [1.82, 2.24) is 0 Å². The van der Waals surface area contributed by atoms with Crippen LogP contribution in [0, 0.1) is 0 Å². The van der Waals surface area contributed by atoms with Crippen molar-refractivity contribution in [2.24, 2.45) is 0 Å². The SMILES string of the molecule is CC/C=C\C/C=C\C/C=C\CCCCCC(=O)OC(COC(=O)CCCCCCC)COC(=O)CCCCCCCCCCCCCCCCCCCCCCC/C=C\C/C=C\CCCCCCC. The Kier molecular flexibility index (Phi) is 55.3. The molecular weight excluding hydrogens is 853 g/mol. The average molecular weight is 966 g/mol. The van der Waals surface area contributed by atoms with Crippen LogP contribution in [0.4, 0.5) is 0 Å². The summed E-state index contributed by atoms with van der Waals surface area (Å²) in [6, 6.07) is 0. The van der Waals surface area contributed by atoms with Gasteiger partial charge >= 0.3 is 17.9 Å². The van der Waals surface area contributed by atoms with Crippen molar-refractivity contribution in [2.75, 3.05) is 13.2 Å². The second-order valence-corrected chi connectivity index (χ2v) is 19.9. The normalized spacial score (nSPS) is 12.4. The molecule has 0 heterocycles. The molecule has 0 aliphatic carbocycles. The molecule has 0 amide bonds. The molecule has 0 spiro atoms. The largest absolute Gasteiger partial charge is 0.462 e. The predicted molar refractivity (Wildman–Crippen MR) is 298 cm³/mol. The maximum atomic E-state index is 12.7. The highest BCUT2D eigenvalue weighted by atomic mass is 16.6. The fourth-order valence-corrected chi connectivity index (χ4v) is 8.55. The summed E-state index contributed by atoms with van der Waals surface area (Å²) in [5, 5.41) is 0. The number of carbonyl (C=O) groups excluding carboxylic acids is 3. The Balaban J connectivity index is 3.89. The molecule has 1 atom stereocenters. The van der Waals surface area contributed by atoms with Gasteiger partial charge in [-0.25, -0.2) is 0 Å². The molecule has 0 saturated heterocycles. The van der Waals surface area contributed by atoms with E-state index in [0.29, 0.717) is 19.3 Å². The van der Waals surface area contributed by atoms with E-state index in [-0.39, 0.29) is 31.1 Å². The fourth-order valence-electron chi connectivity index (χ4n) is 8.55. The van der Waals surface area contributed by atoms with E-state index in [4.69, 9.17) is 14.2 Å². The zero-order chi connectivity index (χ0) is 50.0. The van der Waals surface area contributed by atoms with Gasteiger partial charge in [-0.05, 0) is 83.5 Å². The number of hydrogen-bond donors (Lipinski definition) is 0. The van der Waals surface area contributed by atoms with E-state index in [1.54, 1.807) is 0 Å². The van der Waals surface area contributed by atoms with Crippen molar-refractivity contribution < 1.29 is 28.6 Å². The molecule has 0 aliphatic rings. The van der Waals surface area contributed by atoms with Crippen molar-refractivity contribution >= 4 is 17.9 Å². The van der Waals surface area contributed by atoms with Crippen LogP contribution < -0.4 is 0 Å². The van der Waals surface area contributed by atoms with Gasteiger partial charge in [0.25, 0.3) is 0 Å². The Morgan fingerprint density at radius 3 is 0.899 bits per heavy atom. The minimum atomic E-state index is -0.783. The molecule has 0 aromatic carbocycles. The Bertz CT molecular complexity index is 1250. The Labute approximate surface area is 428 Å². The number of rotatable bonds is 54. The van der Waals surface area contributed by atoms with Crippen LogP contribution in [0.5, 0.6) is 0 Å². The first-order valence-corrected chi connectivity index (χ1v) is 29.8. The van der Waals surface area contributed by atoms with E-state index in [0.717, 1.165) is 96.3 Å². The minimum absolute atomic E-state index is 0.0836. The summed E-state index contributed by atoms with van der Waals surface area (Å²) in [5.74, 6) is -0.919. The van der Waals surface area contributed by atoms with E-state index in [1.165, 1.54) is 167 Å². The molecule has 0 rings (SSSR count). The third kappa shape index (κ3) is 55.9. The molecular formula is C63H112O6. The monoisotopic (exact) mass is 965 g/mol. The summed E-state index contributed by atoms with van der Waals surface area (Å²) in [4.78, 5) is 37.7. The van der Waals surface area contributed by atoms with Crippen LogP contribution in [0.25, 0.3) is 0 Å². The fraction of sp³-hybridized carbons (Fsp3) is 0.794. The van der Waals surface area contributed by atoms with Crippen molar-refractivity contribution in [3.63, 3.8) is 0 Å². The van der Waals surface area contributed by atoms with Crippen LogP contribution >= 0.6 is 0 Å². The highest BCUT2D eigenvalue weighted by Crippen LogP contribution is 2.17. The Morgan fingerprint density at radius 1 is 0.304 bits per heavy atom. The van der Waals surface area contributed by atoms with Gasteiger partial charge in [-0.15, -0.1) is 0 Å². The number of esters is 3. The standard InChI is InChI=1S/C63H112O6/c1-4-7-10-13-15-17-19-21-22-23-24-25-26-27-28-29-30-31-32-33-34-35-36-37-38-39-40-42-43-45-47-50-53-56-62(65)68-59-60(58-67-61(64)55-52-49-12-9-6-3)69-63(66)57-54-51-48-46-44-41-20-18-16-14-11-8-5-2/h8,11,16,18-19,21,23-24,41,44,60H,4-7,9-10,12-15,17,20,22,25-40,42-43,45-59H2,1-3H3/b11-8-,18-16-,21-19-,24-23-,44-41-. The van der Waals surface area contributed by atoms with Crippen LogP contribution in [0.15, 0.2) is 60.8 Å². The van der Waals surface area contributed by atoms with Gasteiger partial charge in [0, 0.05) is 19.3 Å². The van der Waals surface area contributed by atoms with Crippen LogP contribution in [0.3, 0.4) is 0 Å². The van der Waals surface area contributed by atoms with Gasteiger partial charge in [0.15, 0.2) is 6.10 Å². The van der Waals surface area contributed by atoms with Crippen molar-refractivity contribution in [3.8, 4) is 0 Å². The molecule has 0 aromatic rings. The van der Waals surface area contributed by atoms with E-state index < -0.39 is 6.10 Å². The molecule has 400 valence electrons. The van der Waals surface area contributed by atoms with Gasteiger partial charge in [0.05, 0.1) is 0 Å². The Hall–Kier alpha value is -2.89. The third-order valence-electron chi connectivity index (χ3n) is 13.0. The third-order valence-corrected chi connectivity index (χ3v) is 13.0. The van der Waals surface area contributed by atoms with Crippen LogP contribution in [0.2, 0.25) is 0 Å². The number of carbonyl (C=O) groups is 3. The molecule has 0 bridgehead atoms. The second-order valence-electron chi connectivity index (χ2n) is 19.9. The van der Waals surface area contributed by atoms with E-state index in [1.807, 2.05) is 0 Å². The lowest BCUT2D eigenvalue weighted by molar-refractivity contribution is -0.167. The first kappa shape index (κ1) is 66.1. The molecule has 0 radical (unpaired) electrons. The lowest BCUT2D eigenvalue weighted by Crippen LogP contribution is -2.30. The maximum Gasteiger partial charge on any atom is 0.306 e. The van der Waals surface area contributed by atoms with Gasteiger partial charge in [0.1, 0.15) is 13.2 Å². The van der Waals surface area contributed by atoms with Crippen LogP contribution in [-0.4, -0.2) is 37.2 Å². The van der Waals surface area contributed by atoms with Crippen molar-refractivity contribution in [2.45, 2.75) is 309 Å². The van der Waals surface area contributed by atoms with Crippen LogP contribution in [0.1, 0.15) is 303 Å². The lowest BCUT2D eigenvalue weighted by atomic mass is 10.0. The summed E-state index contributed by atoms with van der Waals surface area (Å²) < 4.78 is 16.7. The summed E-state index contributed by atoms with van der Waals surface area (Å²) in [7, 11) is 0. The Morgan fingerprint density at radius 2 is 0.565 bits per heavy atom. The van der Waals surface area contributed by atoms with Crippen molar-refractivity contribution in [1.29, 1.82) is 0 Å². The molecule has 69 heavy (non-hydrogen) atoms. The number of allylic oxidation sites excluding steroid dienone is 10. The molecule has 0 saturated carbocycles. The lowest BCUT2D eigenvalue weighted by Gasteiger charge is -2.18. The summed E-state index contributed by atoms with van der Waals surface area (Å²) in [5.41, 5.74) is 0. The quantitative estimate of drug-likeness (QED) is 0.0262. The van der Waals surface area contributed by atoms with E-state index >= 15 is 0 Å².